The maximum atomic E-state index is 10.4. The van der Waals surface area contributed by atoms with Crippen LogP contribution in [-0.2, 0) is 4.57 Å². The van der Waals surface area contributed by atoms with Gasteiger partial charge in [-0.1, -0.05) is 0 Å². The minimum atomic E-state index is -4.57. The van der Waals surface area contributed by atoms with Gasteiger partial charge in [0.2, 0.25) is 5.96 Å². The van der Waals surface area contributed by atoms with Crippen LogP contribution in [0.25, 0.3) is 0 Å². The Balaban J connectivity index is 4.54. The number of nitrogens with zero attached hydrogens (tertiary/aromatic N) is 2. The summed E-state index contributed by atoms with van der Waals surface area (Å²) in [6.07, 6.45) is -1.64. The van der Waals surface area contributed by atoms with Gasteiger partial charge in [-0.25, -0.2) is 4.57 Å². The van der Waals surface area contributed by atoms with Gasteiger partial charge in [-0.3, -0.25) is 0 Å². The Morgan fingerprint density at radius 2 is 2.07 bits per heavy atom. The molecule has 84 valence electrons. The molecule has 0 unspecified atom stereocenters. The van der Waals surface area contributed by atoms with Crippen LogP contribution in [0.15, 0.2) is 4.76 Å². The summed E-state index contributed by atoms with van der Waals surface area (Å²) >= 11 is 0. The first-order chi connectivity index (χ1) is 6.26. The van der Waals surface area contributed by atoms with Gasteiger partial charge in [0.25, 0.3) is 0 Å². The molecule has 0 radical (unpaired) electrons. The van der Waals surface area contributed by atoms with Crippen LogP contribution in [0.3, 0.4) is 0 Å². The topological polar surface area (TPSA) is 140 Å². The molecule has 0 atom stereocenters. The Bertz CT molecular complexity index is 250. The first kappa shape index (κ1) is 13.3. The zero-order valence-electron chi connectivity index (χ0n) is 7.61. The van der Waals surface area contributed by atoms with Crippen molar-refractivity contribution in [2.75, 3.05) is 13.1 Å². The van der Waals surface area contributed by atoms with Crippen LogP contribution in [-0.4, -0.2) is 50.2 Å². The van der Waals surface area contributed by atoms with E-state index in [1.807, 2.05) is 0 Å². The van der Waals surface area contributed by atoms with E-state index in [-0.39, 0.29) is 13.1 Å². The van der Waals surface area contributed by atoms with Gasteiger partial charge < -0.3 is 30.6 Å². The van der Waals surface area contributed by atoms with Crippen molar-refractivity contribution in [1.29, 1.82) is 0 Å². The number of likely N-dealkylation sites (N-methyl/N-ethyl adjacent to an activating group) is 1. The summed E-state index contributed by atoms with van der Waals surface area (Å²) in [6.45, 7) is 1.63. The van der Waals surface area contributed by atoms with Gasteiger partial charge in [0.05, 0.1) is 6.54 Å². The summed E-state index contributed by atoms with van der Waals surface area (Å²) in [4.78, 5) is 18.0. The molecule has 9 heteroatoms. The maximum absolute atomic E-state index is 10.4. The summed E-state index contributed by atoms with van der Waals surface area (Å²) in [5.41, 5.74) is 5.22. The van der Waals surface area contributed by atoms with Gasteiger partial charge >= 0.3 is 7.75 Å². The number of nitrogens with two attached hydrogens (primary N) is 1. The normalized spacial score (nSPS) is 13.4. The molecule has 0 aliphatic carbocycles. The Kier molecular flexibility index (Phi) is 5.03. The maximum Gasteiger partial charge on any atom is 0.451 e. The van der Waals surface area contributed by atoms with Gasteiger partial charge in [-0.2, -0.15) is 0 Å². The fourth-order valence-corrected chi connectivity index (χ4v) is 1.17. The Labute approximate surface area is 80.9 Å². The summed E-state index contributed by atoms with van der Waals surface area (Å²) in [6, 6.07) is 0. The van der Waals surface area contributed by atoms with E-state index in [0.29, 0.717) is 0 Å². The van der Waals surface area contributed by atoms with E-state index in [1.54, 1.807) is 6.92 Å². The average molecular weight is 227 g/mol. The van der Waals surface area contributed by atoms with E-state index in [4.69, 9.17) is 25.7 Å². The molecule has 14 heavy (non-hydrogen) atoms. The molecular weight excluding hydrogens is 213 g/mol. The predicted molar refractivity (Wildman–Crippen MR) is 49.1 cm³/mol. The number of hydrogen-bond acceptors (Lipinski definition) is 3. The Hall–Kier alpha value is -0.660. The van der Waals surface area contributed by atoms with Crippen LogP contribution in [0.5, 0.6) is 0 Å². The van der Waals surface area contributed by atoms with Crippen molar-refractivity contribution in [3.05, 3.63) is 0 Å². The summed E-state index contributed by atoms with van der Waals surface area (Å²) in [7, 11) is -4.57. The van der Waals surface area contributed by atoms with Gasteiger partial charge in [0.1, 0.15) is 0 Å². The third-order valence-corrected chi connectivity index (χ3v) is 1.79. The highest BCUT2D eigenvalue weighted by molar-refractivity contribution is 7.50. The number of aliphatic hydroxyl groups excluding tert-OH is 1. The van der Waals surface area contributed by atoms with Crippen molar-refractivity contribution in [2.24, 2.45) is 10.5 Å². The monoisotopic (exact) mass is 227 g/mol. The van der Waals surface area contributed by atoms with Crippen LogP contribution < -0.4 is 5.73 Å². The number of aliphatic hydroxyl groups is 2. The van der Waals surface area contributed by atoms with Crippen molar-refractivity contribution < 1.29 is 24.6 Å². The molecule has 0 amide bonds. The van der Waals surface area contributed by atoms with E-state index in [9.17, 15) is 4.57 Å². The number of hydrogen-bond donors (Lipinski definition) is 5. The second kappa shape index (κ2) is 5.28. The fourth-order valence-electron chi connectivity index (χ4n) is 0.778. The fraction of sp³-hybridized carbons (Fsp3) is 0.800. The molecule has 8 nitrogen and oxygen atoms in total. The molecule has 0 saturated carbocycles. The lowest BCUT2D eigenvalue weighted by atomic mass is 10.5. The molecule has 0 spiro atoms. The second-order valence-corrected chi connectivity index (χ2v) is 3.72. The van der Waals surface area contributed by atoms with Crippen molar-refractivity contribution in [3.63, 3.8) is 0 Å². The summed E-state index contributed by atoms with van der Waals surface area (Å²) in [5, 5.41) is 17.2. The van der Waals surface area contributed by atoms with Crippen LogP contribution >= 0.6 is 7.75 Å². The lowest BCUT2D eigenvalue weighted by Crippen LogP contribution is -2.41. The molecule has 0 aromatic rings. The van der Waals surface area contributed by atoms with Crippen molar-refractivity contribution in [3.8, 4) is 0 Å². The second-order valence-electron chi connectivity index (χ2n) is 2.49. The Morgan fingerprint density at radius 1 is 1.57 bits per heavy atom. The number of guanidine groups is 1. The average Bonchev–Trinajstić information content (AvgIpc) is 1.96. The third kappa shape index (κ3) is 5.90. The van der Waals surface area contributed by atoms with E-state index >= 15 is 0 Å². The molecular formula is C5H14N3O5P. The lowest BCUT2D eigenvalue weighted by Gasteiger charge is -2.22. The van der Waals surface area contributed by atoms with Crippen LogP contribution in [0, 0.1) is 0 Å². The molecule has 0 aromatic heterocycles. The minimum Gasteiger partial charge on any atom is -0.369 e. The minimum absolute atomic E-state index is 0.257. The third-order valence-electron chi connectivity index (χ3n) is 1.32. The molecule has 0 fully saturated rings. The standard InChI is InChI=1S/C5H14N3O5P/c1-2-8(3-4(9)10)5(6)7-14(11,12)13/h4,9-10H,2-3H2,1H3,(H4,6,7,11,12,13). The van der Waals surface area contributed by atoms with Crippen molar-refractivity contribution in [1.82, 2.24) is 4.90 Å². The smallest absolute Gasteiger partial charge is 0.369 e. The molecule has 0 aliphatic heterocycles. The quantitative estimate of drug-likeness (QED) is 0.162. The zero-order valence-corrected chi connectivity index (χ0v) is 8.50. The van der Waals surface area contributed by atoms with Crippen molar-refractivity contribution >= 4 is 13.7 Å². The van der Waals surface area contributed by atoms with E-state index in [0.717, 1.165) is 4.90 Å². The SMILES string of the molecule is CCN(CC(O)O)C(N)=NP(=O)(O)O. The van der Waals surface area contributed by atoms with Gasteiger partial charge in [0, 0.05) is 6.54 Å². The van der Waals surface area contributed by atoms with Crippen LogP contribution in [0.1, 0.15) is 6.92 Å². The molecule has 6 N–H and O–H groups in total. The van der Waals surface area contributed by atoms with Gasteiger partial charge in [0.15, 0.2) is 6.29 Å². The summed E-state index contributed by atoms with van der Waals surface area (Å²) < 4.78 is 13.3. The van der Waals surface area contributed by atoms with E-state index in [2.05, 4.69) is 4.76 Å². The van der Waals surface area contributed by atoms with E-state index in [1.165, 1.54) is 0 Å². The first-order valence-electron chi connectivity index (χ1n) is 3.78. The molecule has 0 heterocycles. The number of rotatable bonds is 4. The van der Waals surface area contributed by atoms with Crippen LogP contribution in [0.2, 0.25) is 0 Å². The predicted octanol–water partition coefficient (Wildman–Crippen LogP) is -1.97. The first-order valence-corrected chi connectivity index (χ1v) is 5.35. The zero-order chi connectivity index (χ0) is 11.4. The highest BCUT2D eigenvalue weighted by atomic mass is 31.2. The van der Waals surface area contributed by atoms with Crippen molar-refractivity contribution in [2.45, 2.75) is 13.2 Å². The molecule has 0 rings (SSSR count). The Morgan fingerprint density at radius 3 is 2.36 bits per heavy atom. The van der Waals surface area contributed by atoms with E-state index < -0.39 is 20.0 Å². The summed E-state index contributed by atoms with van der Waals surface area (Å²) in [5.74, 6) is -0.422. The van der Waals surface area contributed by atoms with Gasteiger partial charge in [-0.15, -0.1) is 4.76 Å². The largest absolute Gasteiger partial charge is 0.451 e. The molecule has 0 aliphatic rings. The highest BCUT2D eigenvalue weighted by Gasteiger charge is 2.16. The molecule has 0 bridgehead atoms. The van der Waals surface area contributed by atoms with Crippen LogP contribution in [0.4, 0.5) is 0 Å². The lowest BCUT2D eigenvalue weighted by molar-refractivity contribution is -0.0508. The highest BCUT2D eigenvalue weighted by Crippen LogP contribution is 2.36. The molecule has 0 aromatic carbocycles. The molecule has 0 saturated heterocycles. The van der Waals surface area contributed by atoms with Gasteiger partial charge in [-0.05, 0) is 6.92 Å².